The molecule has 0 aliphatic heterocycles. The van der Waals surface area contributed by atoms with Crippen LogP contribution in [0.1, 0.15) is 0 Å². The fraction of sp³-hybridized carbons (Fsp3) is 0. The largest absolute Gasteiger partial charge is 0.369 e. The van der Waals surface area contributed by atoms with Crippen LogP contribution in [0.3, 0.4) is 0 Å². The molecule has 64 valence electrons. The molecule has 0 aromatic carbocycles. The summed E-state index contributed by atoms with van der Waals surface area (Å²) in [4.78, 5) is 25.6. The van der Waals surface area contributed by atoms with E-state index in [-0.39, 0.29) is 11.0 Å². The van der Waals surface area contributed by atoms with Crippen LogP contribution in [0.15, 0.2) is 9.82 Å². The van der Waals surface area contributed by atoms with E-state index in [2.05, 4.69) is 17.6 Å². The quantitative estimate of drug-likeness (QED) is 0.239. The number of nitro groups is 1. The van der Waals surface area contributed by atoms with Crippen molar-refractivity contribution in [1.29, 1.82) is 0 Å². The number of nitrogens with zero attached hydrogens (tertiary/aromatic N) is 2. The van der Waals surface area contributed by atoms with Crippen LogP contribution in [-0.2, 0) is 0 Å². The topological polar surface area (TPSA) is 115 Å². The van der Waals surface area contributed by atoms with E-state index in [1.807, 2.05) is 4.98 Å². The van der Waals surface area contributed by atoms with Crippen LogP contribution in [0.5, 0.6) is 0 Å². The van der Waals surface area contributed by atoms with Gasteiger partial charge in [-0.1, -0.05) is 0 Å². The summed E-state index contributed by atoms with van der Waals surface area (Å²) in [6.45, 7) is 0. The maximum absolute atomic E-state index is 10.8. The molecule has 1 heterocycles. The zero-order chi connectivity index (χ0) is 9.30. The molecule has 3 N–H and O–H groups in total. The molecule has 1 aromatic rings. The Kier molecular flexibility index (Phi) is 2.00. The molecule has 0 aliphatic carbocycles. The predicted molar refractivity (Wildman–Crippen MR) is 43.2 cm³/mol. The van der Waals surface area contributed by atoms with Crippen LogP contribution >= 0.6 is 12.6 Å². The molecule has 0 unspecified atom stereocenters. The standard InChI is InChI=1S/C4H4N4O3S/c5-4-6-2(9)1(8(10)11)3(12)7-4/h(H4,5,6,7,9,12). The molecule has 0 saturated heterocycles. The van der Waals surface area contributed by atoms with Crippen LogP contribution in [-0.4, -0.2) is 14.9 Å². The van der Waals surface area contributed by atoms with E-state index >= 15 is 0 Å². The van der Waals surface area contributed by atoms with Crippen molar-refractivity contribution >= 4 is 24.3 Å². The number of nitrogen functional groups attached to an aromatic ring is 1. The Morgan fingerprint density at radius 3 is 2.67 bits per heavy atom. The average molecular weight is 188 g/mol. The molecule has 0 amide bonds. The minimum atomic E-state index is -0.905. The molecule has 0 fully saturated rings. The van der Waals surface area contributed by atoms with Crippen LogP contribution in [0.4, 0.5) is 11.6 Å². The molecule has 12 heavy (non-hydrogen) atoms. The van der Waals surface area contributed by atoms with Crippen molar-refractivity contribution in [2.75, 3.05) is 5.73 Å². The van der Waals surface area contributed by atoms with Gasteiger partial charge in [0.05, 0.1) is 4.92 Å². The molecule has 0 atom stereocenters. The SMILES string of the molecule is Nc1nc(S)c([N+](=O)[O-])c(=O)[nH]1. The van der Waals surface area contributed by atoms with E-state index in [4.69, 9.17) is 5.73 Å². The maximum atomic E-state index is 10.8. The van der Waals surface area contributed by atoms with Crippen molar-refractivity contribution < 1.29 is 4.92 Å². The third-order valence-corrected chi connectivity index (χ3v) is 1.39. The fourth-order valence-corrected chi connectivity index (χ4v) is 0.928. The minimum Gasteiger partial charge on any atom is -0.369 e. The number of nitrogens with one attached hydrogen (secondary N) is 1. The van der Waals surface area contributed by atoms with Crippen molar-refractivity contribution in [3.8, 4) is 0 Å². The van der Waals surface area contributed by atoms with E-state index in [1.54, 1.807) is 0 Å². The van der Waals surface area contributed by atoms with Gasteiger partial charge in [-0.3, -0.25) is 19.9 Å². The highest BCUT2D eigenvalue weighted by atomic mass is 32.1. The summed E-state index contributed by atoms with van der Waals surface area (Å²) in [5.41, 5.74) is 3.48. The van der Waals surface area contributed by atoms with Crippen molar-refractivity contribution in [2.45, 2.75) is 5.03 Å². The fourth-order valence-electron chi connectivity index (χ4n) is 0.637. The summed E-state index contributed by atoms with van der Waals surface area (Å²) in [6, 6.07) is 0. The van der Waals surface area contributed by atoms with Crippen LogP contribution in [0.2, 0.25) is 0 Å². The van der Waals surface area contributed by atoms with Crippen molar-refractivity contribution in [2.24, 2.45) is 0 Å². The third kappa shape index (κ3) is 1.37. The molecule has 1 aromatic heterocycles. The van der Waals surface area contributed by atoms with E-state index in [0.29, 0.717) is 0 Å². The lowest BCUT2D eigenvalue weighted by atomic mass is 10.5. The highest BCUT2D eigenvalue weighted by molar-refractivity contribution is 7.80. The van der Waals surface area contributed by atoms with Gasteiger partial charge in [0.1, 0.15) is 0 Å². The normalized spacial score (nSPS) is 9.75. The lowest BCUT2D eigenvalue weighted by Crippen LogP contribution is -2.15. The Morgan fingerprint density at radius 2 is 2.25 bits per heavy atom. The number of hydrogen-bond donors (Lipinski definition) is 3. The lowest BCUT2D eigenvalue weighted by molar-refractivity contribution is -0.389. The van der Waals surface area contributed by atoms with Gasteiger partial charge in [-0.05, 0) is 0 Å². The molecule has 0 spiro atoms. The monoisotopic (exact) mass is 188 g/mol. The molecular formula is C4H4N4O3S. The summed E-state index contributed by atoms with van der Waals surface area (Å²) >= 11 is 3.62. The molecule has 0 aliphatic rings. The molecule has 0 saturated carbocycles. The van der Waals surface area contributed by atoms with Crippen molar-refractivity contribution in [1.82, 2.24) is 9.97 Å². The van der Waals surface area contributed by atoms with E-state index < -0.39 is 16.2 Å². The van der Waals surface area contributed by atoms with E-state index in [1.165, 1.54) is 0 Å². The molecule has 0 bridgehead atoms. The number of anilines is 1. The number of aromatic nitrogens is 2. The first-order valence-corrected chi connectivity index (χ1v) is 3.20. The number of nitrogens with two attached hydrogens (primary N) is 1. The second-order valence-electron chi connectivity index (χ2n) is 1.88. The third-order valence-electron chi connectivity index (χ3n) is 1.08. The Balaban J connectivity index is 3.49. The first-order valence-electron chi connectivity index (χ1n) is 2.75. The first kappa shape index (κ1) is 8.53. The van der Waals surface area contributed by atoms with Gasteiger partial charge < -0.3 is 5.73 Å². The van der Waals surface area contributed by atoms with Gasteiger partial charge in [0, 0.05) is 0 Å². The van der Waals surface area contributed by atoms with E-state index in [9.17, 15) is 14.9 Å². The summed E-state index contributed by atoms with van der Waals surface area (Å²) < 4.78 is 0. The zero-order valence-corrected chi connectivity index (χ0v) is 6.54. The van der Waals surface area contributed by atoms with E-state index in [0.717, 1.165) is 0 Å². The van der Waals surface area contributed by atoms with Gasteiger partial charge in [0.2, 0.25) is 5.95 Å². The second kappa shape index (κ2) is 2.81. The molecule has 0 radical (unpaired) electrons. The maximum Gasteiger partial charge on any atom is 0.365 e. The van der Waals surface area contributed by atoms with Gasteiger partial charge in [-0.2, -0.15) is 0 Å². The molecule has 1 rings (SSSR count). The Hall–Kier alpha value is -1.57. The number of thiol groups is 1. The van der Waals surface area contributed by atoms with Gasteiger partial charge in [0.15, 0.2) is 5.03 Å². The highest BCUT2D eigenvalue weighted by Crippen LogP contribution is 2.13. The number of rotatable bonds is 1. The lowest BCUT2D eigenvalue weighted by Gasteiger charge is -1.94. The Labute approximate surface area is 71.2 Å². The number of aromatic amines is 1. The summed E-state index contributed by atoms with van der Waals surface area (Å²) in [5.74, 6) is -0.199. The Bertz CT molecular complexity index is 386. The van der Waals surface area contributed by atoms with Gasteiger partial charge in [0.25, 0.3) is 0 Å². The Morgan fingerprint density at radius 1 is 1.67 bits per heavy atom. The summed E-state index contributed by atoms with van der Waals surface area (Å²) in [6.07, 6.45) is 0. The molecule has 7 nitrogen and oxygen atoms in total. The van der Waals surface area contributed by atoms with Crippen LogP contribution in [0, 0.1) is 10.1 Å². The summed E-state index contributed by atoms with van der Waals surface area (Å²) in [5, 5.41) is 9.92. The van der Waals surface area contributed by atoms with Crippen molar-refractivity contribution in [3.05, 3.63) is 20.5 Å². The number of H-pyrrole nitrogens is 1. The average Bonchev–Trinajstić information content (AvgIpc) is 1.82. The van der Waals surface area contributed by atoms with Gasteiger partial charge in [-0.15, -0.1) is 12.6 Å². The van der Waals surface area contributed by atoms with Crippen LogP contribution in [0.25, 0.3) is 0 Å². The van der Waals surface area contributed by atoms with Crippen molar-refractivity contribution in [3.63, 3.8) is 0 Å². The highest BCUT2D eigenvalue weighted by Gasteiger charge is 2.18. The first-order chi connectivity index (χ1) is 5.52. The minimum absolute atomic E-state index is 0.199. The van der Waals surface area contributed by atoms with Gasteiger partial charge in [-0.25, -0.2) is 4.98 Å². The second-order valence-corrected chi connectivity index (χ2v) is 2.30. The predicted octanol–water partition coefficient (Wildman–Crippen LogP) is -0.451. The number of hydrogen-bond acceptors (Lipinski definition) is 6. The molecular weight excluding hydrogens is 184 g/mol. The van der Waals surface area contributed by atoms with Gasteiger partial charge >= 0.3 is 11.2 Å². The zero-order valence-electron chi connectivity index (χ0n) is 5.64. The smallest absolute Gasteiger partial charge is 0.365 e. The van der Waals surface area contributed by atoms with Crippen LogP contribution < -0.4 is 11.3 Å². The molecule has 8 heteroatoms. The summed E-state index contributed by atoms with van der Waals surface area (Å²) in [7, 11) is 0.